The summed E-state index contributed by atoms with van der Waals surface area (Å²) in [6.45, 7) is 1.66. The summed E-state index contributed by atoms with van der Waals surface area (Å²) in [5, 5.41) is 6.46. The lowest BCUT2D eigenvalue weighted by molar-refractivity contribution is 0.0607. The van der Waals surface area contributed by atoms with Crippen LogP contribution in [0.5, 0.6) is 0 Å². The molecule has 0 aliphatic heterocycles. The van der Waals surface area contributed by atoms with Crippen molar-refractivity contribution in [3.63, 3.8) is 0 Å². The SMILES string of the molecule is COC(=O)c1scc(C)c1NS(N)(=O)=O. The van der Waals surface area contributed by atoms with Gasteiger partial charge in [-0.3, -0.25) is 4.72 Å². The number of carbonyl (C=O) groups is 1. The first-order valence-electron chi connectivity index (χ1n) is 3.82. The summed E-state index contributed by atoms with van der Waals surface area (Å²) in [6.07, 6.45) is 0. The lowest BCUT2D eigenvalue weighted by atomic mass is 10.3. The molecule has 0 unspecified atom stereocenters. The average molecular weight is 250 g/mol. The second-order valence-corrected chi connectivity index (χ2v) is 4.94. The topological polar surface area (TPSA) is 98.5 Å². The minimum atomic E-state index is -3.88. The van der Waals surface area contributed by atoms with Gasteiger partial charge in [-0.25, -0.2) is 9.93 Å². The van der Waals surface area contributed by atoms with Crippen molar-refractivity contribution < 1.29 is 17.9 Å². The summed E-state index contributed by atoms with van der Waals surface area (Å²) in [4.78, 5) is 11.4. The van der Waals surface area contributed by atoms with Gasteiger partial charge in [0.25, 0.3) is 10.2 Å². The fourth-order valence-corrected chi connectivity index (χ4v) is 2.49. The molecule has 0 amide bonds. The molecule has 0 saturated carbocycles. The summed E-state index contributed by atoms with van der Waals surface area (Å²) in [7, 11) is -2.66. The van der Waals surface area contributed by atoms with Gasteiger partial charge in [-0.05, 0) is 17.9 Å². The Kier molecular flexibility index (Phi) is 3.32. The molecule has 0 aromatic carbocycles. The van der Waals surface area contributed by atoms with E-state index in [0.29, 0.717) is 5.56 Å². The lowest BCUT2D eigenvalue weighted by Crippen LogP contribution is -2.23. The van der Waals surface area contributed by atoms with Crippen molar-refractivity contribution in [3.05, 3.63) is 15.8 Å². The van der Waals surface area contributed by atoms with Gasteiger partial charge in [-0.1, -0.05) is 0 Å². The van der Waals surface area contributed by atoms with Crippen LogP contribution in [0.4, 0.5) is 5.69 Å². The lowest BCUT2D eigenvalue weighted by Gasteiger charge is -2.05. The van der Waals surface area contributed by atoms with Crippen molar-refractivity contribution >= 4 is 33.2 Å². The molecule has 1 aromatic rings. The molecule has 3 N–H and O–H groups in total. The Morgan fingerprint density at radius 3 is 2.67 bits per heavy atom. The third-order valence-corrected chi connectivity index (χ3v) is 3.16. The van der Waals surface area contributed by atoms with Crippen LogP contribution in [0.25, 0.3) is 0 Å². The Bertz CT molecular complexity index is 477. The van der Waals surface area contributed by atoms with Gasteiger partial charge in [-0.15, -0.1) is 11.3 Å². The van der Waals surface area contributed by atoms with Crippen LogP contribution in [0, 0.1) is 6.92 Å². The molecule has 0 fully saturated rings. The van der Waals surface area contributed by atoms with Gasteiger partial charge >= 0.3 is 5.97 Å². The number of methoxy groups -OCH3 is 1. The number of thiophene rings is 1. The highest BCUT2D eigenvalue weighted by molar-refractivity contribution is 7.90. The zero-order valence-corrected chi connectivity index (χ0v) is 9.74. The van der Waals surface area contributed by atoms with Crippen molar-refractivity contribution in [2.75, 3.05) is 11.8 Å². The number of nitrogens with two attached hydrogens (primary N) is 1. The Hall–Kier alpha value is -1.12. The second-order valence-electron chi connectivity index (χ2n) is 2.76. The first-order chi connectivity index (χ1) is 6.85. The van der Waals surface area contributed by atoms with Gasteiger partial charge in [0.1, 0.15) is 4.88 Å². The predicted molar refractivity (Wildman–Crippen MR) is 57.1 cm³/mol. The zero-order chi connectivity index (χ0) is 11.6. The summed E-state index contributed by atoms with van der Waals surface area (Å²) in [5.41, 5.74) is 0.795. The molecule has 6 nitrogen and oxygen atoms in total. The van der Waals surface area contributed by atoms with Crippen LogP contribution in [-0.4, -0.2) is 21.5 Å². The van der Waals surface area contributed by atoms with Crippen LogP contribution in [-0.2, 0) is 14.9 Å². The highest BCUT2D eigenvalue weighted by atomic mass is 32.2. The minimum absolute atomic E-state index is 0.175. The number of hydrogen-bond acceptors (Lipinski definition) is 5. The molecule has 1 aromatic heterocycles. The molecule has 8 heteroatoms. The van der Waals surface area contributed by atoms with E-state index in [1.165, 1.54) is 7.11 Å². The molecule has 0 saturated heterocycles. The fraction of sp³-hybridized carbons (Fsp3) is 0.286. The first-order valence-corrected chi connectivity index (χ1v) is 6.24. The highest BCUT2D eigenvalue weighted by Crippen LogP contribution is 2.28. The maximum atomic E-state index is 11.2. The molecule has 0 aliphatic carbocycles. The number of aryl methyl sites for hydroxylation is 1. The highest BCUT2D eigenvalue weighted by Gasteiger charge is 2.19. The number of anilines is 1. The van der Waals surface area contributed by atoms with Crippen LogP contribution in [0.15, 0.2) is 5.38 Å². The summed E-state index contributed by atoms with van der Waals surface area (Å²) >= 11 is 1.09. The van der Waals surface area contributed by atoms with Crippen LogP contribution < -0.4 is 9.86 Å². The average Bonchev–Trinajstić information content (AvgIpc) is 2.45. The van der Waals surface area contributed by atoms with Crippen molar-refractivity contribution in [3.8, 4) is 0 Å². The van der Waals surface area contributed by atoms with Crippen molar-refractivity contribution in [1.29, 1.82) is 0 Å². The van der Waals surface area contributed by atoms with Crippen molar-refractivity contribution in [1.82, 2.24) is 0 Å². The third kappa shape index (κ3) is 2.91. The van der Waals surface area contributed by atoms with E-state index in [9.17, 15) is 13.2 Å². The van der Waals surface area contributed by atoms with E-state index in [4.69, 9.17) is 5.14 Å². The van der Waals surface area contributed by atoms with E-state index in [1.807, 2.05) is 0 Å². The molecule has 1 rings (SSSR count). The quantitative estimate of drug-likeness (QED) is 0.761. The molecule has 0 aliphatic rings. The van der Waals surface area contributed by atoms with Gasteiger partial charge in [0.15, 0.2) is 0 Å². The Morgan fingerprint density at radius 1 is 1.60 bits per heavy atom. The molecule has 1 heterocycles. The second kappa shape index (κ2) is 4.17. The van der Waals surface area contributed by atoms with Crippen molar-refractivity contribution in [2.24, 2.45) is 5.14 Å². The standard InChI is InChI=1S/C7H10N2O4S2/c1-4-3-14-6(7(10)13-2)5(4)9-15(8,11)12/h3,9H,1-2H3,(H2,8,11,12). The normalized spacial score (nSPS) is 11.1. The summed E-state index contributed by atoms with van der Waals surface area (Å²) in [6, 6.07) is 0. The van der Waals surface area contributed by atoms with Crippen LogP contribution in [0.2, 0.25) is 0 Å². The molecule has 0 atom stereocenters. The van der Waals surface area contributed by atoms with E-state index in [2.05, 4.69) is 9.46 Å². The monoisotopic (exact) mass is 250 g/mol. The zero-order valence-electron chi connectivity index (χ0n) is 8.10. The summed E-state index contributed by atoms with van der Waals surface area (Å²) < 4.78 is 28.2. The van der Waals surface area contributed by atoms with Gasteiger partial charge < -0.3 is 4.74 Å². The molecule has 0 radical (unpaired) electrons. The molecule has 84 valence electrons. The molecule has 15 heavy (non-hydrogen) atoms. The minimum Gasteiger partial charge on any atom is -0.465 e. The molecular weight excluding hydrogens is 240 g/mol. The molecular formula is C7H10N2O4S2. The maximum Gasteiger partial charge on any atom is 0.350 e. The van der Waals surface area contributed by atoms with Gasteiger partial charge in [-0.2, -0.15) is 8.42 Å². The number of rotatable bonds is 3. The van der Waals surface area contributed by atoms with E-state index < -0.39 is 16.2 Å². The van der Waals surface area contributed by atoms with Crippen LogP contribution in [0.3, 0.4) is 0 Å². The predicted octanol–water partition coefficient (Wildman–Crippen LogP) is 0.459. The number of nitrogens with one attached hydrogen (secondary N) is 1. The van der Waals surface area contributed by atoms with E-state index in [1.54, 1.807) is 12.3 Å². The van der Waals surface area contributed by atoms with E-state index >= 15 is 0 Å². The van der Waals surface area contributed by atoms with Crippen LogP contribution >= 0.6 is 11.3 Å². The Labute approximate surface area is 91.2 Å². The maximum absolute atomic E-state index is 11.2. The van der Waals surface area contributed by atoms with Gasteiger partial charge in [0, 0.05) is 0 Å². The summed E-state index contributed by atoms with van der Waals surface area (Å²) in [5.74, 6) is -0.598. The number of esters is 1. The smallest absolute Gasteiger partial charge is 0.350 e. The molecule has 0 bridgehead atoms. The Balaban J connectivity index is 3.16. The van der Waals surface area contributed by atoms with Crippen molar-refractivity contribution in [2.45, 2.75) is 6.92 Å². The third-order valence-electron chi connectivity index (χ3n) is 1.59. The van der Waals surface area contributed by atoms with Gasteiger partial charge in [0.2, 0.25) is 0 Å². The van der Waals surface area contributed by atoms with Crippen LogP contribution in [0.1, 0.15) is 15.2 Å². The molecule has 0 spiro atoms. The number of carbonyl (C=O) groups excluding carboxylic acids is 1. The fourth-order valence-electron chi connectivity index (χ4n) is 0.956. The van der Waals surface area contributed by atoms with E-state index in [0.717, 1.165) is 11.3 Å². The Morgan fingerprint density at radius 2 is 2.20 bits per heavy atom. The largest absolute Gasteiger partial charge is 0.465 e. The van der Waals surface area contributed by atoms with E-state index in [-0.39, 0.29) is 10.6 Å². The van der Waals surface area contributed by atoms with Gasteiger partial charge in [0.05, 0.1) is 12.8 Å². The number of hydrogen-bond donors (Lipinski definition) is 2. The first kappa shape index (κ1) is 12.0. The number of ether oxygens (including phenoxy) is 1.